The van der Waals surface area contributed by atoms with Crippen molar-refractivity contribution in [3.63, 3.8) is 0 Å². The molecule has 1 N–H and O–H groups in total. The van der Waals surface area contributed by atoms with Gasteiger partial charge in [0, 0.05) is 25.7 Å². The Morgan fingerprint density at radius 1 is 1.26 bits per heavy atom. The molecular formula is C16H21N3O7S. The number of nitrogens with zero attached hydrogens (tertiary/aromatic N) is 2. The monoisotopic (exact) mass is 399 g/mol. The van der Waals surface area contributed by atoms with Crippen LogP contribution in [0.15, 0.2) is 28.3 Å². The number of nitrogens with one attached hydrogen (secondary N) is 1. The SMILES string of the molecule is CCOC(=O)CCCNC(=O)COC(=O)C1=CN2CCS(=O)(=O)N=C2C=C1. The van der Waals surface area contributed by atoms with Crippen LogP contribution >= 0.6 is 0 Å². The van der Waals surface area contributed by atoms with Crippen LogP contribution in [0, 0.1) is 0 Å². The van der Waals surface area contributed by atoms with Crippen LogP contribution in [0.3, 0.4) is 0 Å². The van der Waals surface area contributed by atoms with E-state index in [1.54, 1.807) is 6.92 Å². The van der Waals surface area contributed by atoms with Gasteiger partial charge in [0.15, 0.2) is 6.61 Å². The molecule has 0 saturated heterocycles. The van der Waals surface area contributed by atoms with Crippen molar-refractivity contribution in [3.8, 4) is 0 Å². The van der Waals surface area contributed by atoms with E-state index in [0.717, 1.165) is 0 Å². The molecule has 2 aliphatic heterocycles. The maximum Gasteiger partial charge on any atom is 0.340 e. The number of amidine groups is 1. The second kappa shape index (κ2) is 9.31. The van der Waals surface area contributed by atoms with Gasteiger partial charge in [0.1, 0.15) is 5.84 Å². The molecule has 0 aromatic heterocycles. The molecule has 0 atom stereocenters. The Morgan fingerprint density at radius 3 is 2.78 bits per heavy atom. The van der Waals surface area contributed by atoms with Gasteiger partial charge in [-0.25, -0.2) is 13.2 Å². The van der Waals surface area contributed by atoms with E-state index in [2.05, 4.69) is 9.71 Å². The molecule has 0 aliphatic carbocycles. The fourth-order valence-electron chi connectivity index (χ4n) is 2.28. The second-order valence-corrected chi connectivity index (χ2v) is 7.44. The molecule has 148 valence electrons. The molecule has 0 radical (unpaired) electrons. The van der Waals surface area contributed by atoms with Gasteiger partial charge in [-0.05, 0) is 25.5 Å². The molecule has 0 aromatic rings. The number of ether oxygens (including phenoxy) is 2. The zero-order valence-electron chi connectivity index (χ0n) is 14.8. The van der Waals surface area contributed by atoms with Crippen molar-refractivity contribution < 1.29 is 32.3 Å². The van der Waals surface area contributed by atoms with E-state index in [0.29, 0.717) is 13.0 Å². The summed E-state index contributed by atoms with van der Waals surface area (Å²) in [6, 6.07) is 0. The van der Waals surface area contributed by atoms with E-state index in [9.17, 15) is 22.8 Å². The van der Waals surface area contributed by atoms with Crippen LogP contribution in [0.5, 0.6) is 0 Å². The van der Waals surface area contributed by atoms with Crippen molar-refractivity contribution in [1.29, 1.82) is 0 Å². The second-order valence-electron chi connectivity index (χ2n) is 5.68. The number of amides is 1. The number of esters is 2. The Morgan fingerprint density at radius 2 is 2.04 bits per heavy atom. The molecule has 0 unspecified atom stereocenters. The van der Waals surface area contributed by atoms with Crippen molar-refractivity contribution in [2.24, 2.45) is 4.40 Å². The van der Waals surface area contributed by atoms with Gasteiger partial charge in [-0.2, -0.15) is 0 Å². The summed E-state index contributed by atoms with van der Waals surface area (Å²) in [6.45, 7) is 2.01. The minimum absolute atomic E-state index is 0.141. The Kier molecular flexibility index (Phi) is 7.11. The fraction of sp³-hybridized carbons (Fsp3) is 0.500. The number of sulfonamides is 1. The lowest BCUT2D eigenvalue weighted by molar-refractivity contribution is -0.144. The van der Waals surface area contributed by atoms with Gasteiger partial charge >= 0.3 is 11.9 Å². The Labute approximate surface area is 156 Å². The van der Waals surface area contributed by atoms with Crippen molar-refractivity contribution in [2.75, 3.05) is 32.1 Å². The Bertz CT molecular complexity index is 799. The summed E-state index contributed by atoms with van der Waals surface area (Å²) in [5.74, 6) is -1.43. The fourth-order valence-corrected chi connectivity index (χ4v) is 3.25. The topological polar surface area (TPSA) is 131 Å². The summed E-state index contributed by atoms with van der Waals surface area (Å²) in [6.07, 6.45) is 4.85. The van der Waals surface area contributed by atoms with Crippen molar-refractivity contribution in [2.45, 2.75) is 19.8 Å². The van der Waals surface area contributed by atoms with Gasteiger partial charge in [-0.1, -0.05) is 0 Å². The molecule has 2 rings (SSSR count). The minimum atomic E-state index is -3.46. The highest BCUT2D eigenvalue weighted by Gasteiger charge is 2.25. The smallest absolute Gasteiger partial charge is 0.340 e. The summed E-state index contributed by atoms with van der Waals surface area (Å²) in [5.41, 5.74) is 0.184. The lowest BCUT2D eigenvalue weighted by Gasteiger charge is -2.26. The van der Waals surface area contributed by atoms with E-state index in [-0.39, 0.29) is 42.6 Å². The summed E-state index contributed by atoms with van der Waals surface area (Å²) < 4.78 is 36.2. The van der Waals surface area contributed by atoms with E-state index in [1.807, 2.05) is 0 Å². The van der Waals surface area contributed by atoms with Crippen molar-refractivity contribution >= 4 is 33.7 Å². The van der Waals surface area contributed by atoms with Crippen LogP contribution in [0.1, 0.15) is 19.8 Å². The quantitative estimate of drug-likeness (QED) is 0.426. The number of carbonyl (C=O) groups is 3. The first-order chi connectivity index (χ1) is 12.8. The zero-order chi connectivity index (χ0) is 19.9. The summed E-state index contributed by atoms with van der Waals surface area (Å²) in [7, 11) is -3.46. The third-order valence-electron chi connectivity index (χ3n) is 3.58. The molecule has 0 fully saturated rings. The van der Waals surface area contributed by atoms with Crippen LogP contribution in [0.4, 0.5) is 0 Å². The van der Waals surface area contributed by atoms with Gasteiger partial charge in [0.25, 0.3) is 15.9 Å². The molecule has 0 spiro atoms. The first kappa shape index (κ1) is 20.6. The third-order valence-corrected chi connectivity index (χ3v) is 4.74. The Hall–Kier alpha value is -2.69. The lowest BCUT2D eigenvalue weighted by atomic mass is 10.2. The molecule has 2 heterocycles. The number of carbonyl (C=O) groups excluding carboxylic acids is 3. The number of fused-ring (bicyclic) bond motifs is 1. The van der Waals surface area contributed by atoms with Crippen LogP contribution in [0.25, 0.3) is 0 Å². The maximum absolute atomic E-state index is 12.0. The van der Waals surface area contributed by atoms with Crippen LogP contribution in [0.2, 0.25) is 0 Å². The standard InChI is InChI=1S/C16H21N3O7S/c1-2-25-15(21)4-3-7-17-14(20)11-26-16(22)12-5-6-13-18-27(23,24)9-8-19(13)10-12/h5-6,10H,2-4,7-9,11H2,1H3,(H,17,20). The lowest BCUT2D eigenvalue weighted by Crippen LogP contribution is -2.37. The summed E-state index contributed by atoms with van der Waals surface area (Å²) in [4.78, 5) is 36.4. The normalized spacial score (nSPS) is 17.3. The first-order valence-electron chi connectivity index (χ1n) is 8.39. The third kappa shape index (κ3) is 6.51. The highest BCUT2D eigenvalue weighted by Crippen LogP contribution is 2.16. The molecule has 0 saturated carbocycles. The number of hydrogen-bond acceptors (Lipinski definition) is 8. The zero-order valence-corrected chi connectivity index (χ0v) is 15.7. The van der Waals surface area contributed by atoms with Crippen molar-refractivity contribution in [3.05, 3.63) is 23.9 Å². The molecule has 2 aliphatic rings. The molecule has 0 bridgehead atoms. The van der Waals surface area contributed by atoms with E-state index >= 15 is 0 Å². The summed E-state index contributed by atoms with van der Waals surface area (Å²) >= 11 is 0. The summed E-state index contributed by atoms with van der Waals surface area (Å²) in [5, 5.41) is 2.54. The van der Waals surface area contributed by atoms with E-state index in [1.165, 1.54) is 23.3 Å². The van der Waals surface area contributed by atoms with Crippen LogP contribution in [-0.4, -0.2) is 69.1 Å². The average Bonchev–Trinajstić information content (AvgIpc) is 2.62. The molecule has 27 heavy (non-hydrogen) atoms. The van der Waals surface area contributed by atoms with Crippen molar-refractivity contribution in [1.82, 2.24) is 10.2 Å². The maximum atomic E-state index is 12.0. The molecular weight excluding hydrogens is 378 g/mol. The molecule has 0 aromatic carbocycles. The molecule has 1 amide bonds. The predicted molar refractivity (Wildman–Crippen MR) is 95.0 cm³/mol. The molecule has 10 nitrogen and oxygen atoms in total. The number of hydrogen-bond donors (Lipinski definition) is 1. The molecule has 11 heteroatoms. The average molecular weight is 399 g/mol. The van der Waals surface area contributed by atoms with E-state index in [4.69, 9.17) is 9.47 Å². The minimum Gasteiger partial charge on any atom is -0.466 e. The first-order valence-corrected chi connectivity index (χ1v) is 10.0. The van der Waals surface area contributed by atoms with Crippen LogP contribution in [-0.2, 0) is 33.9 Å². The highest BCUT2D eigenvalue weighted by atomic mass is 32.2. The predicted octanol–water partition coefficient (Wildman–Crippen LogP) is -0.513. The van der Waals surface area contributed by atoms with Gasteiger partial charge in [0.05, 0.1) is 17.9 Å². The van der Waals surface area contributed by atoms with Gasteiger partial charge in [0.2, 0.25) is 0 Å². The van der Waals surface area contributed by atoms with Gasteiger partial charge in [-0.3, -0.25) is 9.59 Å². The number of rotatable bonds is 8. The van der Waals surface area contributed by atoms with Crippen LogP contribution < -0.4 is 5.32 Å². The van der Waals surface area contributed by atoms with Gasteiger partial charge in [-0.15, -0.1) is 4.40 Å². The Balaban J connectivity index is 1.73. The largest absolute Gasteiger partial charge is 0.466 e. The highest BCUT2D eigenvalue weighted by molar-refractivity contribution is 7.90. The van der Waals surface area contributed by atoms with Gasteiger partial charge < -0.3 is 19.7 Å². The van der Waals surface area contributed by atoms with E-state index < -0.39 is 28.5 Å².